The average Bonchev–Trinajstić information content (AvgIpc) is 2.80. The van der Waals surface area contributed by atoms with Crippen molar-refractivity contribution in [2.45, 2.75) is 38.3 Å². The second-order valence-electron chi connectivity index (χ2n) is 7.95. The largest absolute Gasteiger partial charge is 0.496 e. The minimum atomic E-state index is -0.749. The molecule has 3 N–H and O–H groups in total. The number of anilines is 1. The molecule has 1 saturated heterocycles. The molecule has 0 unspecified atom stereocenters. The zero-order chi connectivity index (χ0) is 23.8. The number of para-hydroxylation sites is 2. The molecule has 0 aliphatic carbocycles. The van der Waals surface area contributed by atoms with Crippen molar-refractivity contribution in [2.24, 2.45) is 0 Å². The maximum Gasteiger partial charge on any atom is 0.321 e. The smallest absolute Gasteiger partial charge is 0.321 e. The summed E-state index contributed by atoms with van der Waals surface area (Å²) in [6.45, 7) is 2.21. The van der Waals surface area contributed by atoms with Gasteiger partial charge in [0.25, 0.3) is 0 Å². The van der Waals surface area contributed by atoms with E-state index in [4.69, 9.17) is 4.74 Å². The molecule has 1 aliphatic heterocycles. The molecule has 176 valence electrons. The number of methoxy groups -OCH3 is 1. The number of hydrogen-bond acceptors (Lipinski definition) is 4. The number of benzene rings is 2. The molecule has 0 radical (unpaired) electrons. The number of rotatable bonds is 7. The molecule has 0 bridgehead atoms. The number of halogens is 1. The van der Waals surface area contributed by atoms with Gasteiger partial charge in [-0.3, -0.25) is 9.59 Å². The molecule has 0 aromatic heterocycles. The van der Waals surface area contributed by atoms with Crippen LogP contribution in [0, 0.1) is 5.82 Å². The SMILES string of the molecule is COc1ccccc1C[C@H](NC(C)=O)C(=O)NC1CCN(C(=O)Nc2ccccc2F)CC1. The summed E-state index contributed by atoms with van der Waals surface area (Å²) in [4.78, 5) is 38.7. The predicted molar refractivity (Wildman–Crippen MR) is 122 cm³/mol. The number of carbonyl (C=O) groups excluding carboxylic acids is 3. The fraction of sp³-hybridized carbons (Fsp3) is 0.375. The Labute approximate surface area is 192 Å². The van der Waals surface area contributed by atoms with E-state index < -0.39 is 11.9 Å². The summed E-state index contributed by atoms with van der Waals surface area (Å²) < 4.78 is 19.1. The molecule has 33 heavy (non-hydrogen) atoms. The van der Waals surface area contributed by atoms with Gasteiger partial charge < -0.3 is 25.6 Å². The molecule has 1 heterocycles. The normalized spacial score (nSPS) is 14.8. The van der Waals surface area contributed by atoms with Crippen LogP contribution in [-0.4, -0.2) is 55.0 Å². The second-order valence-corrected chi connectivity index (χ2v) is 7.95. The van der Waals surface area contributed by atoms with Crippen molar-refractivity contribution in [3.8, 4) is 5.75 Å². The topological polar surface area (TPSA) is 99.8 Å². The van der Waals surface area contributed by atoms with E-state index in [1.807, 2.05) is 18.2 Å². The number of ether oxygens (including phenoxy) is 1. The Morgan fingerprint density at radius 2 is 1.76 bits per heavy atom. The van der Waals surface area contributed by atoms with Gasteiger partial charge in [0.05, 0.1) is 12.8 Å². The number of carbonyl (C=O) groups is 3. The molecule has 4 amide bonds. The lowest BCUT2D eigenvalue weighted by atomic mass is 10.0. The maximum atomic E-state index is 13.8. The Hall–Kier alpha value is -3.62. The van der Waals surface area contributed by atoms with E-state index in [1.54, 1.807) is 30.2 Å². The Morgan fingerprint density at radius 3 is 2.42 bits per heavy atom. The fourth-order valence-electron chi connectivity index (χ4n) is 3.83. The van der Waals surface area contributed by atoms with E-state index in [1.165, 1.54) is 19.1 Å². The van der Waals surface area contributed by atoms with Crippen molar-refractivity contribution in [3.63, 3.8) is 0 Å². The van der Waals surface area contributed by atoms with Gasteiger partial charge in [-0.15, -0.1) is 0 Å². The zero-order valence-corrected chi connectivity index (χ0v) is 18.8. The van der Waals surface area contributed by atoms with Crippen LogP contribution in [0.4, 0.5) is 14.9 Å². The first kappa shape index (κ1) is 24.0. The van der Waals surface area contributed by atoms with Gasteiger partial charge in [-0.05, 0) is 36.6 Å². The molecule has 1 aliphatic rings. The van der Waals surface area contributed by atoms with Crippen LogP contribution in [0.2, 0.25) is 0 Å². The predicted octanol–water partition coefficient (Wildman–Crippen LogP) is 2.69. The van der Waals surface area contributed by atoms with E-state index in [0.717, 1.165) is 5.56 Å². The highest BCUT2D eigenvalue weighted by Crippen LogP contribution is 2.20. The molecule has 1 fully saturated rings. The first-order chi connectivity index (χ1) is 15.9. The van der Waals surface area contributed by atoms with Crippen molar-refractivity contribution in [3.05, 3.63) is 59.9 Å². The first-order valence-electron chi connectivity index (χ1n) is 10.9. The van der Waals surface area contributed by atoms with Crippen LogP contribution in [0.1, 0.15) is 25.3 Å². The van der Waals surface area contributed by atoms with Crippen molar-refractivity contribution >= 4 is 23.5 Å². The highest BCUT2D eigenvalue weighted by molar-refractivity contribution is 5.89. The summed E-state index contributed by atoms with van der Waals surface area (Å²) in [7, 11) is 1.56. The molecule has 0 saturated carbocycles. The van der Waals surface area contributed by atoms with Crippen LogP contribution in [0.3, 0.4) is 0 Å². The van der Waals surface area contributed by atoms with Gasteiger partial charge in [-0.1, -0.05) is 30.3 Å². The number of hydrogen-bond donors (Lipinski definition) is 3. The quantitative estimate of drug-likeness (QED) is 0.597. The van der Waals surface area contributed by atoms with E-state index >= 15 is 0 Å². The summed E-state index contributed by atoms with van der Waals surface area (Å²) in [5, 5.41) is 8.28. The molecular weight excluding hydrogens is 427 g/mol. The number of piperidine rings is 1. The van der Waals surface area contributed by atoms with Gasteiger partial charge in [-0.2, -0.15) is 0 Å². The lowest BCUT2D eigenvalue weighted by molar-refractivity contribution is -0.128. The summed E-state index contributed by atoms with van der Waals surface area (Å²) in [5.74, 6) is -0.433. The van der Waals surface area contributed by atoms with Crippen molar-refractivity contribution in [1.29, 1.82) is 0 Å². The summed E-state index contributed by atoms with van der Waals surface area (Å²) in [6.07, 6.45) is 1.40. The van der Waals surface area contributed by atoms with Crippen LogP contribution in [0.5, 0.6) is 5.75 Å². The first-order valence-corrected chi connectivity index (χ1v) is 10.9. The monoisotopic (exact) mass is 456 g/mol. The molecule has 2 aromatic rings. The Morgan fingerprint density at radius 1 is 1.09 bits per heavy atom. The third-order valence-electron chi connectivity index (χ3n) is 5.55. The molecule has 1 atom stereocenters. The third-order valence-corrected chi connectivity index (χ3v) is 5.55. The van der Waals surface area contributed by atoms with E-state index in [0.29, 0.717) is 38.1 Å². The molecule has 9 heteroatoms. The third kappa shape index (κ3) is 6.68. The van der Waals surface area contributed by atoms with Crippen LogP contribution < -0.4 is 20.7 Å². The highest BCUT2D eigenvalue weighted by atomic mass is 19.1. The number of urea groups is 1. The fourth-order valence-corrected chi connectivity index (χ4v) is 3.83. The summed E-state index contributed by atoms with van der Waals surface area (Å²) >= 11 is 0. The molecule has 3 rings (SSSR count). The van der Waals surface area contributed by atoms with Crippen molar-refractivity contribution in [2.75, 3.05) is 25.5 Å². The minimum Gasteiger partial charge on any atom is -0.496 e. The standard InChI is InChI=1S/C24H29FN4O4/c1-16(30)26-21(15-17-7-3-6-10-22(17)33-2)23(31)27-18-11-13-29(14-12-18)24(32)28-20-9-5-4-8-19(20)25/h3-10,18,21H,11-15H2,1-2H3,(H,26,30)(H,27,31)(H,28,32)/t21-/m0/s1. The summed E-state index contributed by atoms with van der Waals surface area (Å²) in [5.41, 5.74) is 0.945. The van der Waals surface area contributed by atoms with Gasteiger partial charge in [0, 0.05) is 32.5 Å². The van der Waals surface area contributed by atoms with E-state index in [9.17, 15) is 18.8 Å². The van der Waals surface area contributed by atoms with E-state index in [-0.39, 0.29) is 29.6 Å². The molecule has 0 spiro atoms. The number of nitrogens with zero attached hydrogens (tertiary/aromatic N) is 1. The van der Waals surface area contributed by atoms with Gasteiger partial charge in [-0.25, -0.2) is 9.18 Å². The second kappa shape index (κ2) is 11.3. The lowest BCUT2D eigenvalue weighted by Gasteiger charge is -2.33. The van der Waals surface area contributed by atoms with Crippen LogP contribution in [0.25, 0.3) is 0 Å². The van der Waals surface area contributed by atoms with Crippen LogP contribution >= 0.6 is 0 Å². The average molecular weight is 457 g/mol. The molecule has 8 nitrogen and oxygen atoms in total. The number of amides is 4. The van der Waals surface area contributed by atoms with Crippen LogP contribution in [0.15, 0.2) is 48.5 Å². The van der Waals surface area contributed by atoms with Crippen molar-refractivity contribution in [1.82, 2.24) is 15.5 Å². The van der Waals surface area contributed by atoms with Gasteiger partial charge in [0.1, 0.15) is 17.6 Å². The zero-order valence-electron chi connectivity index (χ0n) is 18.8. The van der Waals surface area contributed by atoms with Gasteiger partial charge in [0.2, 0.25) is 11.8 Å². The maximum absolute atomic E-state index is 13.8. The van der Waals surface area contributed by atoms with Crippen LogP contribution in [-0.2, 0) is 16.0 Å². The number of nitrogens with one attached hydrogen (secondary N) is 3. The van der Waals surface area contributed by atoms with E-state index in [2.05, 4.69) is 16.0 Å². The van der Waals surface area contributed by atoms with Crippen molar-refractivity contribution < 1.29 is 23.5 Å². The minimum absolute atomic E-state index is 0.132. The lowest BCUT2D eigenvalue weighted by Crippen LogP contribution is -2.53. The highest BCUT2D eigenvalue weighted by Gasteiger charge is 2.28. The molecule has 2 aromatic carbocycles. The number of likely N-dealkylation sites (tertiary alicyclic amines) is 1. The Kier molecular flexibility index (Phi) is 8.23. The Balaban J connectivity index is 1.55. The molecular formula is C24H29FN4O4. The summed E-state index contributed by atoms with van der Waals surface area (Å²) in [6, 6.07) is 12.1. The van der Waals surface area contributed by atoms with Gasteiger partial charge in [0.15, 0.2) is 0 Å². The Bertz CT molecular complexity index is 992. The van der Waals surface area contributed by atoms with Gasteiger partial charge >= 0.3 is 6.03 Å².